The second-order valence-corrected chi connectivity index (χ2v) is 17.6. The minimum absolute atomic E-state index is 0.0690. The van der Waals surface area contributed by atoms with Gasteiger partial charge < -0.3 is 30.3 Å². The molecule has 5 amide bonds. The lowest BCUT2D eigenvalue weighted by molar-refractivity contribution is -0.134. The summed E-state index contributed by atoms with van der Waals surface area (Å²) in [6.45, 7) is 8.53. The Morgan fingerprint density at radius 2 is 1.77 bits per heavy atom. The number of imide groups is 1. The van der Waals surface area contributed by atoms with Crippen molar-refractivity contribution in [2.24, 2.45) is 11.7 Å². The first-order valence-corrected chi connectivity index (χ1v) is 21.9. The number of likely N-dealkylation sites (N-methyl/N-ethyl adjacent to an activating group) is 1. The Morgan fingerprint density at radius 3 is 2.47 bits per heavy atom. The van der Waals surface area contributed by atoms with Gasteiger partial charge in [0.25, 0.3) is 5.91 Å². The van der Waals surface area contributed by atoms with E-state index in [1.54, 1.807) is 11.1 Å². The molecule has 3 unspecified atom stereocenters. The Kier molecular flexibility index (Phi) is 10.9. The molecule has 316 valence electrons. The van der Waals surface area contributed by atoms with E-state index < -0.39 is 11.8 Å². The molecular formula is C45H56N10O5. The summed E-state index contributed by atoms with van der Waals surface area (Å²) in [7, 11) is 1.84. The molecule has 0 spiro atoms. The number of fused-ring (bicyclic) bond motifs is 3. The number of piperidine rings is 3. The summed E-state index contributed by atoms with van der Waals surface area (Å²) in [4.78, 5) is 67.6. The minimum Gasteiger partial charge on any atom is -0.364 e. The number of carbonyl (C=O) groups is 4. The third-order valence-electron chi connectivity index (χ3n) is 13.9. The van der Waals surface area contributed by atoms with E-state index in [2.05, 4.69) is 74.8 Å². The average Bonchev–Trinajstić information content (AvgIpc) is 3.97. The van der Waals surface area contributed by atoms with Crippen molar-refractivity contribution in [2.75, 3.05) is 50.0 Å². The number of rotatable bonds is 11. The number of anilines is 3. The highest BCUT2D eigenvalue weighted by atomic mass is 16.5. The highest BCUT2D eigenvalue weighted by molar-refractivity contribution is 6.02. The summed E-state index contributed by atoms with van der Waals surface area (Å²) < 4.78 is 5.95. The Labute approximate surface area is 350 Å². The molecule has 6 heterocycles. The first-order valence-electron chi connectivity index (χ1n) is 21.9. The van der Waals surface area contributed by atoms with Gasteiger partial charge in [0, 0.05) is 74.9 Å². The third-order valence-corrected chi connectivity index (χ3v) is 13.9. The zero-order chi connectivity index (χ0) is 41.7. The summed E-state index contributed by atoms with van der Waals surface area (Å²) in [6, 6.07) is 13.8. The van der Waals surface area contributed by atoms with Crippen LogP contribution in [0.1, 0.15) is 110 Å². The van der Waals surface area contributed by atoms with Crippen LogP contribution >= 0.6 is 0 Å². The van der Waals surface area contributed by atoms with Crippen molar-refractivity contribution < 1.29 is 23.7 Å². The molecule has 2 aromatic heterocycles. The van der Waals surface area contributed by atoms with Gasteiger partial charge in [-0.1, -0.05) is 37.2 Å². The maximum atomic E-state index is 12.7. The van der Waals surface area contributed by atoms with Crippen molar-refractivity contribution in [1.29, 1.82) is 0 Å². The van der Waals surface area contributed by atoms with Gasteiger partial charge in [0.05, 0.1) is 18.2 Å². The maximum absolute atomic E-state index is 12.7. The predicted molar refractivity (Wildman–Crippen MR) is 227 cm³/mol. The number of nitrogens with two attached hydrogens (primary N) is 1. The van der Waals surface area contributed by atoms with Crippen molar-refractivity contribution in [3.63, 3.8) is 0 Å². The number of aromatic nitrogens is 3. The summed E-state index contributed by atoms with van der Waals surface area (Å²) >= 11 is 0. The molecule has 15 nitrogen and oxygen atoms in total. The zero-order valence-corrected chi connectivity index (χ0v) is 34.9. The first-order chi connectivity index (χ1) is 29.1. The van der Waals surface area contributed by atoms with Gasteiger partial charge in [-0.15, -0.1) is 0 Å². The van der Waals surface area contributed by atoms with Gasteiger partial charge >= 0.3 is 6.03 Å². The fraction of sp³-hybridized carbons (Fsp3) is 0.533. The van der Waals surface area contributed by atoms with Crippen LogP contribution < -0.4 is 21.3 Å². The van der Waals surface area contributed by atoms with Crippen molar-refractivity contribution in [3.05, 3.63) is 70.7 Å². The molecule has 60 heavy (non-hydrogen) atoms. The number of hydrogen-bond acceptors (Lipinski definition) is 11. The van der Waals surface area contributed by atoms with Crippen LogP contribution in [0.2, 0.25) is 0 Å². The lowest BCUT2D eigenvalue weighted by Crippen LogP contribution is -2.50. The number of hydrogen-bond donors (Lipinski definition) is 3. The van der Waals surface area contributed by atoms with E-state index in [1.807, 2.05) is 18.0 Å². The van der Waals surface area contributed by atoms with Gasteiger partial charge in [-0.05, 0) is 98.9 Å². The molecule has 9 rings (SSSR count). The maximum Gasteiger partial charge on any atom is 0.320 e. The number of likely N-dealkylation sites (tertiary alicyclic amines) is 1. The van der Waals surface area contributed by atoms with Crippen LogP contribution in [0.15, 0.2) is 47.1 Å². The Balaban J connectivity index is 0.855. The van der Waals surface area contributed by atoms with E-state index in [1.165, 1.54) is 16.7 Å². The van der Waals surface area contributed by atoms with Crippen LogP contribution in [0, 0.1) is 5.92 Å². The molecule has 4 saturated heterocycles. The molecular weight excluding hydrogens is 761 g/mol. The van der Waals surface area contributed by atoms with Gasteiger partial charge in [-0.2, -0.15) is 0 Å². The van der Waals surface area contributed by atoms with Crippen molar-refractivity contribution in [1.82, 2.24) is 35.1 Å². The van der Waals surface area contributed by atoms with Gasteiger partial charge in [0.15, 0.2) is 17.1 Å². The largest absolute Gasteiger partial charge is 0.364 e. The van der Waals surface area contributed by atoms with Gasteiger partial charge in [0.2, 0.25) is 11.8 Å². The molecule has 1 aliphatic carbocycles. The number of primary amides is 1. The standard InChI is InChI=1S/C45H56N10O5/c1-4-31-21-29(22-32(5-2)55(31)24-26-19-28-10-13-34-39(51-60-41(34)36(28)20-26)35-14-15-38(56)50-44(35)58)27-8-11-30(12-9-27)48-43-40(42(46)57)47-23-37(49-43)53-16-6-7-33(25-53)54-18-17-52(3)45(54)59/h8-13,23,26,29,31-33,35H,4-7,14-22,24-25H2,1-3H3,(H2,46,57)(H,48,49)(H,50,56,58)/t26-,29?,31?,32?,33+,35?/m0/s1. The monoisotopic (exact) mass is 816 g/mol. The van der Waals surface area contributed by atoms with Crippen molar-refractivity contribution in [2.45, 2.75) is 108 Å². The summed E-state index contributed by atoms with van der Waals surface area (Å²) in [5.74, 6) is 0.205. The van der Waals surface area contributed by atoms with Crippen LogP contribution in [-0.2, 0) is 22.4 Å². The van der Waals surface area contributed by atoms with Crippen molar-refractivity contribution >= 4 is 52.0 Å². The molecule has 5 aliphatic rings. The lowest BCUT2D eigenvalue weighted by Gasteiger charge is -2.46. The smallest absolute Gasteiger partial charge is 0.320 e. The van der Waals surface area contributed by atoms with E-state index in [4.69, 9.17) is 15.2 Å². The van der Waals surface area contributed by atoms with Gasteiger partial charge in [-0.3, -0.25) is 24.6 Å². The second-order valence-electron chi connectivity index (χ2n) is 17.6. The first kappa shape index (κ1) is 39.9. The molecule has 5 atom stereocenters. The molecule has 4 aliphatic heterocycles. The molecule has 4 fully saturated rings. The number of urea groups is 1. The van der Waals surface area contributed by atoms with E-state index in [0.717, 1.165) is 94.2 Å². The van der Waals surface area contributed by atoms with Crippen LogP contribution in [0.3, 0.4) is 0 Å². The highest BCUT2D eigenvalue weighted by Gasteiger charge is 2.39. The molecule has 0 saturated carbocycles. The topological polar surface area (TPSA) is 183 Å². The molecule has 4 aromatic rings. The fourth-order valence-electron chi connectivity index (χ4n) is 10.7. The molecule has 0 radical (unpaired) electrons. The quantitative estimate of drug-likeness (QED) is 0.163. The molecule has 4 N–H and O–H groups in total. The minimum atomic E-state index is -0.648. The van der Waals surface area contributed by atoms with E-state index in [9.17, 15) is 19.2 Å². The fourth-order valence-corrected chi connectivity index (χ4v) is 10.7. The van der Waals surface area contributed by atoms with E-state index in [0.29, 0.717) is 60.6 Å². The Bertz CT molecular complexity index is 2280. The lowest BCUT2D eigenvalue weighted by atomic mass is 9.79. The number of nitrogens with zero attached hydrogens (tertiary/aromatic N) is 7. The summed E-state index contributed by atoms with van der Waals surface area (Å²) in [5, 5.41) is 11.1. The van der Waals surface area contributed by atoms with Gasteiger partial charge in [0.1, 0.15) is 11.5 Å². The Hall–Kier alpha value is -5.57. The van der Waals surface area contributed by atoms with Crippen LogP contribution in [0.5, 0.6) is 0 Å². The Morgan fingerprint density at radius 1 is 0.983 bits per heavy atom. The van der Waals surface area contributed by atoms with Crippen LogP contribution in [0.4, 0.5) is 22.1 Å². The molecule has 2 aromatic carbocycles. The second kappa shape index (κ2) is 16.5. The van der Waals surface area contributed by atoms with E-state index >= 15 is 0 Å². The molecule has 0 bridgehead atoms. The summed E-state index contributed by atoms with van der Waals surface area (Å²) in [6.07, 6.45) is 10.4. The number of carbonyl (C=O) groups excluding carboxylic acids is 4. The zero-order valence-electron chi connectivity index (χ0n) is 34.9. The third kappa shape index (κ3) is 7.56. The van der Waals surface area contributed by atoms with Crippen LogP contribution in [0.25, 0.3) is 11.0 Å². The average molecular weight is 817 g/mol. The number of benzene rings is 2. The SMILES string of the molecule is CCC1CC(c2ccc(Nc3nc(N4CCC[C@@H](N5CCN(C)C5=O)C4)cnc3C(N)=O)cc2)CC(CC)N1C[C@H]1Cc2ccc3c(C4CCC(=O)NC4=O)noc3c2C1. The number of nitrogens with one attached hydrogen (secondary N) is 2. The van der Waals surface area contributed by atoms with E-state index in [-0.39, 0.29) is 29.6 Å². The summed E-state index contributed by atoms with van der Waals surface area (Å²) in [5.41, 5.74) is 11.9. The molecule has 15 heteroatoms. The number of amides is 5. The van der Waals surface area contributed by atoms with Crippen LogP contribution in [-0.4, -0.2) is 111 Å². The normalized spacial score (nSPS) is 26.2. The van der Waals surface area contributed by atoms with Crippen molar-refractivity contribution in [3.8, 4) is 0 Å². The predicted octanol–water partition coefficient (Wildman–Crippen LogP) is 5.47. The highest BCUT2D eigenvalue weighted by Crippen LogP contribution is 2.42. The van der Waals surface area contributed by atoms with Gasteiger partial charge in [-0.25, -0.2) is 14.8 Å².